The number of aromatic nitrogens is 1. The average molecular weight is 549 g/mol. The predicted octanol–water partition coefficient (Wildman–Crippen LogP) is 4.02. The minimum absolute atomic E-state index is 0. The molecular formula is C21H30F2IN5O2. The highest BCUT2D eigenvalue weighted by atomic mass is 127. The van der Waals surface area contributed by atoms with Crippen molar-refractivity contribution in [1.29, 1.82) is 0 Å². The number of benzene rings is 1. The number of pyridine rings is 1. The molecule has 0 unspecified atom stereocenters. The third-order valence-corrected chi connectivity index (χ3v) is 4.08. The molecule has 7 nitrogen and oxygen atoms in total. The first-order valence-corrected chi connectivity index (χ1v) is 9.71. The van der Waals surface area contributed by atoms with Crippen molar-refractivity contribution in [1.82, 2.24) is 15.6 Å². The van der Waals surface area contributed by atoms with E-state index < -0.39 is 6.61 Å². The summed E-state index contributed by atoms with van der Waals surface area (Å²) in [5.41, 5.74) is 1.41. The van der Waals surface area contributed by atoms with Crippen LogP contribution in [0.2, 0.25) is 0 Å². The monoisotopic (exact) mass is 549 g/mol. The average Bonchev–Trinajstić information content (AvgIpc) is 2.73. The van der Waals surface area contributed by atoms with Crippen molar-refractivity contribution in [3.63, 3.8) is 0 Å². The zero-order valence-corrected chi connectivity index (χ0v) is 20.5. The summed E-state index contributed by atoms with van der Waals surface area (Å²) >= 11 is 0. The van der Waals surface area contributed by atoms with E-state index in [-0.39, 0.29) is 36.3 Å². The van der Waals surface area contributed by atoms with Crippen LogP contribution in [0, 0.1) is 0 Å². The van der Waals surface area contributed by atoms with E-state index in [0.717, 1.165) is 17.9 Å². The SMILES string of the molecule is CCCOc1ccc(CNC(=NC)NCc2cccc(N(C)C)n2)c(OC(F)F)c1.I. The molecule has 2 N–H and O–H groups in total. The van der Waals surface area contributed by atoms with Crippen molar-refractivity contribution in [2.45, 2.75) is 33.0 Å². The molecule has 0 radical (unpaired) electrons. The van der Waals surface area contributed by atoms with E-state index in [1.54, 1.807) is 19.2 Å². The molecule has 0 fully saturated rings. The molecule has 1 heterocycles. The van der Waals surface area contributed by atoms with Crippen molar-refractivity contribution in [3.8, 4) is 11.5 Å². The van der Waals surface area contributed by atoms with Gasteiger partial charge in [-0.05, 0) is 30.7 Å². The molecule has 10 heteroatoms. The van der Waals surface area contributed by atoms with Gasteiger partial charge >= 0.3 is 6.61 Å². The molecule has 2 rings (SSSR count). The van der Waals surface area contributed by atoms with Crippen LogP contribution in [-0.2, 0) is 13.1 Å². The summed E-state index contributed by atoms with van der Waals surface area (Å²) in [6.07, 6.45) is 0.822. The number of hydrogen-bond donors (Lipinski definition) is 2. The Labute approximate surface area is 199 Å². The van der Waals surface area contributed by atoms with Gasteiger partial charge < -0.3 is 25.0 Å². The molecule has 0 aliphatic rings. The fourth-order valence-electron chi connectivity index (χ4n) is 2.58. The summed E-state index contributed by atoms with van der Waals surface area (Å²) < 4.78 is 35.8. The predicted molar refractivity (Wildman–Crippen MR) is 130 cm³/mol. The minimum Gasteiger partial charge on any atom is -0.493 e. The lowest BCUT2D eigenvalue weighted by Gasteiger charge is -2.16. The maximum Gasteiger partial charge on any atom is 0.387 e. The zero-order valence-electron chi connectivity index (χ0n) is 18.2. The first-order valence-electron chi connectivity index (χ1n) is 9.71. The topological polar surface area (TPSA) is 71.0 Å². The Kier molecular flexibility index (Phi) is 11.9. The van der Waals surface area contributed by atoms with Gasteiger partial charge in [0.15, 0.2) is 5.96 Å². The van der Waals surface area contributed by atoms with Crippen molar-refractivity contribution < 1.29 is 18.3 Å². The van der Waals surface area contributed by atoms with Crippen molar-refractivity contribution in [2.75, 3.05) is 32.6 Å². The van der Waals surface area contributed by atoms with E-state index in [4.69, 9.17) is 4.74 Å². The number of anilines is 1. The Hall–Kier alpha value is -2.37. The fourth-order valence-corrected chi connectivity index (χ4v) is 2.58. The molecule has 1 aromatic heterocycles. The van der Waals surface area contributed by atoms with Gasteiger partial charge in [0.05, 0.1) is 18.8 Å². The number of aliphatic imine (C=N–C) groups is 1. The van der Waals surface area contributed by atoms with Crippen LogP contribution in [0.4, 0.5) is 14.6 Å². The Morgan fingerprint density at radius 2 is 1.90 bits per heavy atom. The Morgan fingerprint density at radius 1 is 1.16 bits per heavy atom. The lowest BCUT2D eigenvalue weighted by atomic mass is 10.2. The largest absolute Gasteiger partial charge is 0.493 e. The molecule has 0 bridgehead atoms. The lowest BCUT2D eigenvalue weighted by molar-refractivity contribution is -0.0505. The molecule has 0 amide bonds. The van der Waals surface area contributed by atoms with Crippen LogP contribution in [0.15, 0.2) is 41.4 Å². The number of alkyl halides is 2. The highest BCUT2D eigenvalue weighted by molar-refractivity contribution is 14.0. The van der Waals surface area contributed by atoms with Gasteiger partial charge in [-0.1, -0.05) is 13.0 Å². The highest BCUT2D eigenvalue weighted by Gasteiger charge is 2.12. The Bertz CT molecular complexity index is 837. The maximum atomic E-state index is 12.8. The van der Waals surface area contributed by atoms with Crippen molar-refractivity contribution in [2.24, 2.45) is 4.99 Å². The molecule has 0 spiro atoms. The standard InChI is InChI=1S/C21H29F2N5O2.HI/c1-5-11-29-17-10-9-15(18(12-17)30-20(22)23)13-25-21(24-2)26-14-16-7-6-8-19(27-16)28(3)4;/h6-10,12,20H,5,11,13-14H2,1-4H3,(H2,24,25,26);1H. The van der Waals surface area contributed by atoms with Gasteiger partial charge in [0.2, 0.25) is 0 Å². The number of guanidine groups is 1. The van der Waals surface area contributed by atoms with E-state index in [1.807, 2.05) is 44.1 Å². The van der Waals surface area contributed by atoms with E-state index in [9.17, 15) is 8.78 Å². The molecule has 0 aliphatic heterocycles. The molecular weight excluding hydrogens is 519 g/mol. The number of hydrogen-bond acceptors (Lipinski definition) is 5. The molecule has 0 saturated heterocycles. The van der Waals surface area contributed by atoms with Gasteiger partial charge in [-0.25, -0.2) is 4.98 Å². The van der Waals surface area contributed by atoms with Gasteiger partial charge in [-0.15, -0.1) is 24.0 Å². The quantitative estimate of drug-likeness (QED) is 0.265. The molecule has 1 aromatic carbocycles. The number of halogens is 3. The van der Waals surface area contributed by atoms with Gasteiger partial charge in [0.1, 0.15) is 17.3 Å². The molecule has 0 atom stereocenters. The Morgan fingerprint density at radius 3 is 2.55 bits per heavy atom. The third-order valence-electron chi connectivity index (χ3n) is 4.08. The Balaban J connectivity index is 0.00000480. The third kappa shape index (κ3) is 9.11. The molecule has 31 heavy (non-hydrogen) atoms. The first-order chi connectivity index (χ1) is 14.4. The molecule has 0 saturated carbocycles. The minimum atomic E-state index is -2.92. The van der Waals surface area contributed by atoms with Crippen LogP contribution >= 0.6 is 24.0 Å². The van der Waals surface area contributed by atoms with Crippen molar-refractivity contribution >= 4 is 35.8 Å². The zero-order chi connectivity index (χ0) is 21.9. The van der Waals surface area contributed by atoms with Gasteiger partial charge in [-0.2, -0.15) is 8.78 Å². The first kappa shape index (κ1) is 26.7. The normalized spacial score (nSPS) is 11.0. The van der Waals surface area contributed by atoms with Crippen LogP contribution in [-0.4, -0.2) is 45.3 Å². The van der Waals surface area contributed by atoms with E-state index in [2.05, 4.69) is 25.3 Å². The smallest absolute Gasteiger partial charge is 0.387 e. The summed E-state index contributed by atoms with van der Waals surface area (Å²) in [5, 5.41) is 6.27. The van der Waals surface area contributed by atoms with Crippen LogP contribution < -0.4 is 25.0 Å². The summed E-state index contributed by atoms with van der Waals surface area (Å²) in [5.74, 6) is 1.94. The maximum absolute atomic E-state index is 12.8. The summed E-state index contributed by atoms with van der Waals surface area (Å²) in [7, 11) is 5.49. The van der Waals surface area contributed by atoms with Crippen LogP contribution in [0.25, 0.3) is 0 Å². The van der Waals surface area contributed by atoms with E-state index in [1.165, 1.54) is 6.07 Å². The van der Waals surface area contributed by atoms with Crippen LogP contribution in [0.1, 0.15) is 24.6 Å². The van der Waals surface area contributed by atoms with E-state index >= 15 is 0 Å². The van der Waals surface area contributed by atoms with Crippen LogP contribution in [0.5, 0.6) is 11.5 Å². The molecule has 172 valence electrons. The fraction of sp³-hybridized carbons (Fsp3) is 0.429. The summed E-state index contributed by atoms with van der Waals surface area (Å²) in [4.78, 5) is 10.6. The lowest BCUT2D eigenvalue weighted by Crippen LogP contribution is -2.36. The van der Waals surface area contributed by atoms with Gasteiger partial charge in [0, 0.05) is 39.3 Å². The molecule has 0 aliphatic carbocycles. The number of nitrogens with zero attached hydrogens (tertiary/aromatic N) is 3. The second-order valence-electron chi connectivity index (χ2n) is 6.66. The number of nitrogens with one attached hydrogen (secondary N) is 2. The summed E-state index contributed by atoms with van der Waals surface area (Å²) in [6, 6.07) is 10.7. The number of rotatable bonds is 10. The van der Waals surface area contributed by atoms with E-state index in [0.29, 0.717) is 30.4 Å². The van der Waals surface area contributed by atoms with Crippen molar-refractivity contribution in [3.05, 3.63) is 47.7 Å². The van der Waals surface area contributed by atoms with Gasteiger partial charge in [0.25, 0.3) is 0 Å². The number of ether oxygens (including phenoxy) is 2. The van der Waals surface area contributed by atoms with Gasteiger partial charge in [-0.3, -0.25) is 4.99 Å². The highest BCUT2D eigenvalue weighted by Crippen LogP contribution is 2.26. The van der Waals surface area contributed by atoms with Crippen LogP contribution in [0.3, 0.4) is 0 Å². The summed E-state index contributed by atoms with van der Waals surface area (Å²) in [6.45, 7) is 0.273. The molecule has 2 aromatic rings. The second-order valence-corrected chi connectivity index (χ2v) is 6.66. The second kappa shape index (κ2) is 13.8.